The smallest absolute Gasteiger partial charge is 0.138 e. The van der Waals surface area contributed by atoms with Crippen molar-refractivity contribution in [3.05, 3.63) is 156 Å². The summed E-state index contributed by atoms with van der Waals surface area (Å²) in [5.74, 6) is -0.292. The fourth-order valence-electron chi connectivity index (χ4n) is 4.97. The molecule has 6 rings (SSSR count). The van der Waals surface area contributed by atoms with E-state index in [2.05, 4.69) is 46.1 Å². The van der Waals surface area contributed by atoms with Crippen LogP contribution in [-0.4, -0.2) is 14.8 Å². The number of hydrogen-bond donors (Lipinski definition) is 0. The van der Waals surface area contributed by atoms with Gasteiger partial charge in [0.2, 0.25) is 0 Å². The zero-order valence-corrected chi connectivity index (χ0v) is 18.9. The summed E-state index contributed by atoms with van der Waals surface area (Å²) in [4.78, 5) is 4.46. The summed E-state index contributed by atoms with van der Waals surface area (Å²) < 4.78 is 16.3. The third kappa shape index (κ3) is 3.42. The first-order valence-electron chi connectivity index (χ1n) is 11.5. The normalized spacial score (nSPS) is 11.6. The second-order valence-electron chi connectivity index (χ2n) is 8.47. The van der Waals surface area contributed by atoms with Crippen molar-refractivity contribution in [2.24, 2.45) is 0 Å². The first-order valence-corrected chi connectivity index (χ1v) is 11.5. The summed E-state index contributed by atoms with van der Waals surface area (Å²) in [6.45, 7) is 0. The molecule has 0 atom stereocenters. The molecule has 0 unspecified atom stereocenters. The molecular formula is C31H22FN3. The lowest BCUT2D eigenvalue weighted by atomic mass is 9.77. The maximum Gasteiger partial charge on any atom is 0.138 e. The van der Waals surface area contributed by atoms with Crippen LogP contribution in [-0.2, 0) is 5.54 Å². The predicted octanol–water partition coefficient (Wildman–Crippen LogP) is 7.08. The van der Waals surface area contributed by atoms with Crippen molar-refractivity contribution in [1.29, 1.82) is 0 Å². The van der Waals surface area contributed by atoms with Crippen LogP contribution in [0.15, 0.2) is 134 Å². The molecule has 0 aliphatic heterocycles. The zero-order valence-electron chi connectivity index (χ0n) is 18.9. The second-order valence-corrected chi connectivity index (χ2v) is 8.47. The average molecular weight is 456 g/mol. The number of halogens is 1. The Morgan fingerprint density at radius 1 is 0.629 bits per heavy atom. The highest BCUT2D eigenvalue weighted by Gasteiger charge is 2.41. The van der Waals surface area contributed by atoms with Crippen LogP contribution in [0.5, 0.6) is 0 Å². The molecule has 0 N–H and O–H groups in total. The molecule has 0 radical (unpaired) electrons. The Kier molecular flexibility index (Phi) is 5.19. The zero-order chi connectivity index (χ0) is 23.7. The number of fused-ring (bicyclic) bond motifs is 1. The summed E-state index contributed by atoms with van der Waals surface area (Å²) in [5.41, 5.74) is 4.72. The van der Waals surface area contributed by atoms with Gasteiger partial charge in [-0.05, 0) is 34.9 Å². The van der Waals surface area contributed by atoms with Gasteiger partial charge < -0.3 is 0 Å². The van der Waals surface area contributed by atoms with Gasteiger partial charge >= 0.3 is 0 Å². The summed E-state index contributed by atoms with van der Waals surface area (Å²) in [5, 5.41) is 6.13. The Hall–Kier alpha value is -4.57. The van der Waals surface area contributed by atoms with Crippen LogP contribution in [0.1, 0.15) is 16.7 Å². The van der Waals surface area contributed by atoms with Gasteiger partial charge in [-0.3, -0.25) is 4.98 Å². The van der Waals surface area contributed by atoms with E-state index < -0.39 is 5.54 Å². The van der Waals surface area contributed by atoms with Crippen LogP contribution in [0, 0.1) is 5.82 Å². The molecular weight excluding hydrogens is 433 g/mol. The van der Waals surface area contributed by atoms with Gasteiger partial charge in [-0.15, -0.1) is 0 Å². The number of benzene rings is 4. The summed E-state index contributed by atoms with van der Waals surface area (Å²) in [6, 6.07) is 39.7. The third-order valence-corrected chi connectivity index (χ3v) is 6.47. The Morgan fingerprint density at radius 2 is 1.20 bits per heavy atom. The average Bonchev–Trinajstić information content (AvgIpc) is 3.31. The van der Waals surface area contributed by atoms with Gasteiger partial charge in [-0.25, -0.2) is 9.07 Å². The largest absolute Gasteiger partial charge is 0.262 e. The number of pyridine rings is 1. The van der Waals surface area contributed by atoms with E-state index in [-0.39, 0.29) is 5.82 Å². The van der Waals surface area contributed by atoms with Crippen molar-refractivity contribution >= 4 is 10.9 Å². The van der Waals surface area contributed by atoms with Gasteiger partial charge in [0.05, 0.1) is 11.7 Å². The first-order chi connectivity index (χ1) is 17.3. The van der Waals surface area contributed by atoms with Crippen LogP contribution >= 0.6 is 0 Å². The third-order valence-electron chi connectivity index (χ3n) is 6.47. The second kappa shape index (κ2) is 8.65. The fourth-order valence-corrected chi connectivity index (χ4v) is 4.97. The van der Waals surface area contributed by atoms with Gasteiger partial charge in [0.15, 0.2) is 0 Å². The highest BCUT2D eigenvalue weighted by Crippen LogP contribution is 2.43. The fraction of sp³-hybridized carbons (Fsp3) is 0.0323. The van der Waals surface area contributed by atoms with Crippen molar-refractivity contribution in [2.45, 2.75) is 5.54 Å². The van der Waals surface area contributed by atoms with Gasteiger partial charge in [0.1, 0.15) is 17.1 Å². The minimum atomic E-state index is -0.781. The maximum atomic E-state index is 14.2. The SMILES string of the molecule is Fc1cccc(-c2nn(C(c3ccccc3)(c3ccccc3)c3ccccc3)c3cnccc23)c1. The highest BCUT2D eigenvalue weighted by molar-refractivity contribution is 5.93. The molecule has 0 amide bonds. The van der Waals surface area contributed by atoms with Gasteiger partial charge in [-0.2, -0.15) is 5.10 Å². The molecule has 35 heavy (non-hydrogen) atoms. The number of hydrogen-bond acceptors (Lipinski definition) is 2. The van der Waals surface area contributed by atoms with E-state index in [0.29, 0.717) is 5.69 Å². The Morgan fingerprint density at radius 3 is 1.74 bits per heavy atom. The lowest BCUT2D eigenvalue weighted by Crippen LogP contribution is -2.38. The summed E-state index contributed by atoms with van der Waals surface area (Å²) in [6.07, 6.45) is 3.60. The van der Waals surface area contributed by atoms with Crippen molar-refractivity contribution in [1.82, 2.24) is 14.8 Å². The van der Waals surface area contributed by atoms with E-state index in [9.17, 15) is 4.39 Å². The molecule has 4 heteroatoms. The van der Waals surface area contributed by atoms with Gasteiger partial charge in [0.25, 0.3) is 0 Å². The van der Waals surface area contributed by atoms with E-state index >= 15 is 0 Å². The molecule has 4 aromatic carbocycles. The molecule has 168 valence electrons. The van der Waals surface area contributed by atoms with Gasteiger partial charge in [0, 0.05) is 17.1 Å². The van der Waals surface area contributed by atoms with Crippen LogP contribution in [0.3, 0.4) is 0 Å². The van der Waals surface area contributed by atoms with E-state index in [4.69, 9.17) is 5.10 Å². The molecule has 3 nitrogen and oxygen atoms in total. The predicted molar refractivity (Wildman–Crippen MR) is 138 cm³/mol. The minimum Gasteiger partial charge on any atom is -0.262 e. The molecule has 0 aliphatic rings. The van der Waals surface area contributed by atoms with E-state index in [1.807, 2.05) is 72.9 Å². The maximum absolute atomic E-state index is 14.2. The molecule has 0 saturated heterocycles. The van der Waals surface area contributed by atoms with Crippen molar-refractivity contribution in [3.8, 4) is 11.3 Å². The number of aromatic nitrogens is 3. The van der Waals surface area contributed by atoms with E-state index in [0.717, 1.165) is 33.2 Å². The molecule has 0 bridgehead atoms. The van der Waals surface area contributed by atoms with Crippen LogP contribution in [0.2, 0.25) is 0 Å². The quantitative estimate of drug-likeness (QED) is 0.260. The number of rotatable bonds is 5. The molecule has 0 aliphatic carbocycles. The topological polar surface area (TPSA) is 30.7 Å². The summed E-state index contributed by atoms with van der Waals surface area (Å²) >= 11 is 0. The highest BCUT2D eigenvalue weighted by atomic mass is 19.1. The van der Waals surface area contributed by atoms with E-state index in [1.54, 1.807) is 12.3 Å². The lowest BCUT2D eigenvalue weighted by molar-refractivity contribution is 0.477. The molecule has 0 saturated carbocycles. The molecule has 6 aromatic rings. The first kappa shape index (κ1) is 21.0. The Bertz CT molecular complexity index is 1500. The molecule has 2 aromatic heterocycles. The van der Waals surface area contributed by atoms with Crippen LogP contribution in [0.4, 0.5) is 4.39 Å². The van der Waals surface area contributed by atoms with Crippen LogP contribution < -0.4 is 0 Å². The monoisotopic (exact) mass is 455 g/mol. The lowest BCUT2D eigenvalue weighted by Gasteiger charge is -2.37. The Labute approximate surface area is 203 Å². The Balaban J connectivity index is 1.78. The van der Waals surface area contributed by atoms with Crippen LogP contribution in [0.25, 0.3) is 22.2 Å². The summed E-state index contributed by atoms with van der Waals surface area (Å²) in [7, 11) is 0. The number of nitrogens with zero attached hydrogens (tertiary/aromatic N) is 3. The standard InChI is InChI=1S/C31H22FN3/c32-27-18-10-11-23(21-27)30-28-19-20-33-22-29(28)35(34-30)31(24-12-4-1-5-13-24,25-14-6-2-7-15-25)26-16-8-3-9-17-26/h1-22H. The van der Waals surface area contributed by atoms with Crippen molar-refractivity contribution < 1.29 is 4.39 Å². The van der Waals surface area contributed by atoms with Crippen molar-refractivity contribution in [2.75, 3.05) is 0 Å². The van der Waals surface area contributed by atoms with Crippen molar-refractivity contribution in [3.63, 3.8) is 0 Å². The van der Waals surface area contributed by atoms with Gasteiger partial charge in [-0.1, -0.05) is 103 Å². The molecule has 0 spiro atoms. The van der Waals surface area contributed by atoms with E-state index in [1.165, 1.54) is 12.1 Å². The minimum absolute atomic E-state index is 0.292. The molecule has 0 fully saturated rings. The molecule has 2 heterocycles.